The highest BCUT2D eigenvalue weighted by Gasteiger charge is 2.25. The summed E-state index contributed by atoms with van der Waals surface area (Å²) in [6.45, 7) is 1.66. The molecule has 86 valence electrons. The van der Waals surface area contributed by atoms with Crippen LogP contribution in [-0.2, 0) is 9.53 Å². The van der Waals surface area contributed by atoms with Gasteiger partial charge in [-0.05, 0) is 19.3 Å². The number of aldehydes is 1. The van der Waals surface area contributed by atoms with Gasteiger partial charge in [-0.2, -0.15) is 0 Å². The number of carboxylic acid groups (broad SMARTS) is 1. The van der Waals surface area contributed by atoms with Crippen molar-refractivity contribution in [3.63, 3.8) is 0 Å². The molecule has 0 aromatic heterocycles. The minimum atomic E-state index is -0.873. The lowest BCUT2D eigenvalue weighted by atomic mass is 10.2. The maximum absolute atomic E-state index is 10.6. The zero-order valence-corrected chi connectivity index (χ0v) is 8.72. The third-order valence-corrected chi connectivity index (χ3v) is 2.49. The van der Waals surface area contributed by atoms with Crippen LogP contribution < -0.4 is 0 Å². The molecule has 0 saturated carbocycles. The fourth-order valence-corrected chi connectivity index (χ4v) is 1.62. The van der Waals surface area contributed by atoms with Crippen LogP contribution in [0.2, 0.25) is 0 Å². The van der Waals surface area contributed by atoms with Crippen LogP contribution in [0.15, 0.2) is 0 Å². The predicted octanol–water partition coefficient (Wildman–Crippen LogP) is 1.12. The van der Waals surface area contributed by atoms with Gasteiger partial charge in [-0.15, -0.1) is 0 Å². The third kappa shape index (κ3) is 4.29. The smallest absolute Gasteiger partial charge is 0.407 e. The topological polar surface area (TPSA) is 66.8 Å². The first kappa shape index (κ1) is 12.0. The summed E-state index contributed by atoms with van der Waals surface area (Å²) < 4.78 is 5.51. The van der Waals surface area contributed by atoms with Crippen molar-refractivity contribution in [2.45, 2.75) is 31.8 Å². The van der Waals surface area contributed by atoms with Crippen LogP contribution in [-0.4, -0.2) is 48.2 Å². The number of carbonyl (C=O) groups excluding carboxylic acids is 1. The molecule has 0 radical (unpaired) electrons. The molecule has 1 aliphatic rings. The van der Waals surface area contributed by atoms with Crippen molar-refractivity contribution in [2.75, 3.05) is 19.7 Å². The molecule has 0 unspecified atom stereocenters. The second-order valence-electron chi connectivity index (χ2n) is 3.67. The number of carbonyl (C=O) groups is 2. The quantitative estimate of drug-likeness (QED) is 0.532. The molecule has 1 saturated heterocycles. The zero-order chi connectivity index (χ0) is 11.1. The number of likely N-dealkylation sites (tertiary alicyclic amines) is 1. The van der Waals surface area contributed by atoms with Gasteiger partial charge in [-0.1, -0.05) is 0 Å². The van der Waals surface area contributed by atoms with Gasteiger partial charge < -0.3 is 19.5 Å². The first-order chi connectivity index (χ1) is 7.24. The fourth-order valence-electron chi connectivity index (χ4n) is 1.62. The Balaban J connectivity index is 2.03. The molecule has 1 rings (SSSR count). The SMILES string of the molecule is O=CCCCCO[C@@H]1CCN(C(=O)O)C1. The maximum atomic E-state index is 10.6. The van der Waals surface area contributed by atoms with Gasteiger partial charge in [0, 0.05) is 19.6 Å². The van der Waals surface area contributed by atoms with E-state index < -0.39 is 6.09 Å². The van der Waals surface area contributed by atoms with Gasteiger partial charge in [-0.3, -0.25) is 0 Å². The monoisotopic (exact) mass is 215 g/mol. The molecule has 1 aliphatic heterocycles. The largest absolute Gasteiger partial charge is 0.465 e. The van der Waals surface area contributed by atoms with E-state index in [2.05, 4.69) is 0 Å². The van der Waals surface area contributed by atoms with Crippen LogP contribution in [0, 0.1) is 0 Å². The average Bonchev–Trinajstić information content (AvgIpc) is 2.66. The van der Waals surface area contributed by atoms with Gasteiger partial charge in [0.15, 0.2) is 0 Å². The lowest BCUT2D eigenvalue weighted by molar-refractivity contribution is -0.108. The number of hydrogen-bond acceptors (Lipinski definition) is 3. The standard InChI is InChI=1S/C10H17NO4/c12-6-2-1-3-7-15-9-4-5-11(8-9)10(13)14/h6,9H,1-5,7-8H2,(H,13,14)/t9-/m1/s1. The zero-order valence-electron chi connectivity index (χ0n) is 8.72. The van der Waals surface area contributed by atoms with Crippen LogP contribution >= 0.6 is 0 Å². The van der Waals surface area contributed by atoms with E-state index in [1.807, 2.05) is 0 Å². The summed E-state index contributed by atoms with van der Waals surface area (Å²) in [5.41, 5.74) is 0. The van der Waals surface area contributed by atoms with Gasteiger partial charge in [0.25, 0.3) is 0 Å². The summed E-state index contributed by atoms with van der Waals surface area (Å²) >= 11 is 0. The normalized spacial score (nSPS) is 20.5. The summed E-state index contributed by atoms with van der Waals surface area (Å²) in [4.78, 5) is 22.0. The second-order valence-corrected chi connectivity index (χ2v) is 3.67. The Bertz CT molecular complexity index is 219. The third-order valence-electron chi connectivity index (χ3n) is 2.49. The molecule has 5 nitrogen and oxygen atoms in total. The van der Waals surface area contributed by atoms with Gasteiger partial charge >= 0.3 is 6.09 Å². The molecule has 1 fully saturated rings. The van der Waals surface area contributed by atoms with Crippen molar-refractivity contribution in [1.29, 1.82) is 0 Å². The Hall–Kier alpha value is -1.10. The second kappa shape index (κ2) is 6.40. The lowest BCUT2D eigenvalue weighted by Crippen LogP contribution is -2.28. The van der Waals surface area contributed by atoms with Crippen molar-refractivity contribution in [3.8, 4) is 0 Å². The van der Waals surface area contributed by atoms with E-state index in [9.17, 15) is 9.59 Å². The first-order valence-electron chi connectivity index (χ1n) is 5.27. The van der Waals surface area contributed by atoms with Gasteiger partial charge in [0.1, 0.15) is 6.29 Å². The van der Waals surface area contributed by atoms with Crippen molar-refractivity contribution in [1.82, 2.24) is 4.90 Å². The Morgan fingerprint density at radius 3 is 2.93 bits per heavy atom. The van der Waals surface area contributed by atoms with Crippen LogP contribution in [0.3, 0.4) is 0 Å². The molecule has 1 amide bonds. The molecule has 15 heavy (non-hydrogen) atoms. The number of ether oxygens (including phenoxy) is 1. The molecular weight excluding hydrogens is 198 g/mol. The van der Waals surface area contributed by atoms with Crippen LogP contribution in [0.4, 0.5) is 4.79 Å². The van der Waals surface area contributed by atoms with E-state index in [1.54, 1.807) is 0 Å². The number of unbranched alkanes of at least 4 members (excludes halogenated alkanes) is 2. The molecular formula is C10H17NO4. The highest BCUT2D eigenvalue weighted by atomic mass is 16.5. The van der Waals surface area contributed by atoms with Crippen LogP contribution in [0.25, 0.3) is 0 Å². The molecule has 5 heteroatoms. The van der Waals surface area contributed by atoms with E-state index in [4.69, 9.17) is 9.84 Å². The van der Waals surface area contributed by atoms with E-state index in [-0.39, 0.29) is 6.10 Å². The molecule has 0 bridgehead atoms. The van der Waals surface area contributed by atoms with E-state index in [0.717, 1.165) is 25.5 Å². The fraction of sp³-hybridized carbons (Fsp3) is 0.800. The number of hydrogen-bond donors (Lipinski definition) is 1. The summed E-state index contributed by atoms with van der Waals surface area (Å²) in [6, 6.07) is 0. The summed E-state index contributed by atoms with van der Waals surface area (Å²) in [5.74, 6) is 0. The van der Waals surface area contributed by atoms with Gasteiger partial charge in [0.2, 0.25) is 0 Å². The summed E-state index contributed by atoms with van der Waals surface area (Å²) in [5, 5.41) is 8.70. The number of nitrogens with zero attached hydrogens (tertiary/aromatic N) is 1. The van der Waals surface area contributed by atoms with Crippen LogP contribution in [0.5, 0.6) is 0 Å². The molecule has 1 atom stereocenters. The Morgan fingerprint density at radius 1 is 1.53 bits per heavy atom. The Kier molecular flexibility index (Phi) is 5.10. The summed E-state index contributed by atoms with van der Waals surface area (Å²) in [7, 11) is 0. The molecule has 0 aromatic carbocycles. The minimum Gasteiger partial charge on any atom is -0.465 e. The number of rotatable bonds is 6. The van der Waals surface area contributed by atoms with Crippen molar-refractivity contribution in [2.24, 2.45) is 0 Å². The summed E-state index contributed by atoms with van der Waals surface area (Å²) in [6.07, 6.45) is 3.14. The molecule has 0 aromatic rings. The molecule has 0 spiro atoms. The van der Waals surface area contributed by atoms with Crippen molar-refractivity contribution >= 4 is 12.4 Å². The highest BCUT2D eigenvalue weighted by molar-refractivity contribution is 5.65. The Morgan fingerprint density at radius 2 is 2.33 bits per heavy atom. The molecule has 0 aliphatic carbocycles. The van der Waals surface area contributed by atoms with Crippen LogP contribution in [0.1, 0.15) is 25.7 Å². The van der Waals surface area contributed by atoms with E-state index in [1.165, 1.54) is 4.90 Å². The van der Waals surface area contributed by atoms with E-state index in [0.29, 0.717) is 26.1 Å². The Labute approximate surface area is 89.0 Å². The predicted molar refractivity (Wildman–Crippen MR) is 53.9 cm³/mol. The van der Waals surface area contributed by atoms with Gasteiger partial charge in [-0.25, -0.2) is 4.79 Å². The van der Waals surface area contributed by atoms with E-state index >= 15 is 0 Å². The van der Waals surface area contributed by atoms with Crippen molar-refractivity contribution in [3.05, 3.63) is 0 Å². The number of amides is 1. The first-order valence-corrected chi connectivity index (χ1v) is 5.27. The molecule has 1 heterocycles. The minimum absolute atomic E-state index is 0.0392. The lowest BCUT2D eigenvalue weighted by Gasteiger charge is -2.12. The highest BCUT2D eigenvalue weighted by Crippen LogP contribution is 2.13. The average molecular weight is 215 g/mol. The maximum Gasteiger partial charge on any atom is 0.407 e. The van der Waals surface area contributed by atoms with Crippen molar-refractivity contribution < 1.29 is 19.4 Å². The van der Waals surface area contributed by atoms with Gasteiger partial charge in [0.05, 0.1) is 12.6 Å². The molecule has 1 N–H and O–H groups in total.